The highest BCUT2D eigenvalue weighted by molar-refractivity contribution is 14.0. The van der Waals surface area contributed by atoms with Gasteiger partial charge in [0, 0.05) is 35.0 Å². The molecule has 100 valence electrons. The predicted octanol–water partition coefficient (Wildman–Crippen LogP) is 4.06. The number of nitrogens with zero attached hydrogens (tertiary/aromatic N) is 2. The maximum absolute atomic E-state index is 8.05. The van der Waals surface area contributed by atoms with Crippen LogP contribution in [0.2, 0.25) is 0 Å². The molecule has 2 aromatic heterocycles. The van der Waals surface area contributed by atoms with Crippen LogP contribution in [0.15, 0.2) is 30.6 Å². The fraction of sp³-hybridized carbons (Fsp3) is 0.231. The summed E-state index contributed by atoms with van der Waals surface area (Å²) in [6.45, 7) is 0. The molecular weight excluding hydrogens is 389 g/mol. The Kier molecular flexibility index (Phi) is 4.97. The molecule has 0 saturated heterocycles. The molecule has 0 atom stereocenters. The first-order chi connectivity index (χ1) is 8.81. The number of hydrogen-bond acceptors (Lipinski definition) is 4. The van der Waals surface area contributed by atoms with Gasteiger partial charge in [0.05, 0.1) is 16.6 Å². The van der Waals surface area contributed by atoms with Crippen LogP contribution < -0.4 is 0 Å². The van der Waals surface area contributed by atoms with Crippen molar-refractivity contribution < 1.29 is 0 Å². The van der Waals surface area contributed by atoms with Crippen molar-refractivity contribution in [2.75, 3.05) is 6.26 Å². The van der Waals surface area contributed by atoms with Crippen molar-refractivity contribution in [1.29, 1.82) is 5.41 Å². The van der Waals surface area contributed by atoms with Crippen LogP contribution in [0.4, 0.5) is 0 Å². The second-order valence-corrected chi connectivity index (χ2v) is 5.84. The largest absolute Gasteiger partial charge is 0.333 e. The highest BCUT2D eigenvalue weighted by Crippen LogP contribution is 2.36. The van der Waals surface area contributed by atoms with E-state index in [2.05, 4.69) is 21.7 Å². The third kappa shape index (κ3) is 2.71. The highest BCUT2D eigenvalue weighted by atomic mass is 127. The van der Waals surface area contributed by atoms with E-state index in [1.54, 1.807) is 6.20 Å². The lowest BCUT2D eigenvalue weighted by atomic mass is 10.2. The van der Waals surface area contributed by atoms with Gasteiger partial charge in [0.15, 0.2) is 0 Å². The second kappa shape index (κ2) is 6.32. The van der Waals surface area contributed by atoms with Gasteiger partial charge in [0.25, 0.3) is 0 Å². The van der Waals surface area contributed by atoms with Crippen molar-refractivity contribution in [3.05, 3.63) is 41.9 Å². The number of hydrogen-bond donors (Lipinski definition) is 1. The fourth-order valence-corrected chi connectivity index (χ4v) is 3.66. The minimum absolute atomic E-state index is 0. The zero-order chi connectivity index (χ0) is 12.5. The van der Waals surface area contributed by atoms with E-state index >= 15 is 0 Å². The van der Waals surface area contributed by atoms with Gasteiger partial charge in [-0.1, -0.05) is 0 Å². The maximum atomic E-state index is 8.05. The van der Waals surface area contributed by atoms with Crippen molar-refractivity contribution in [2.24, 2.45) is 0 Å². The molecule has 3 heterocycles. The molecule has 0 spiro atoms. The molecule has 6 heteroatoms. The summed E-state index contributed by atoms with van der Waals surface area (Å²) < 4.78 is 2.31. The Morgan fingerprint density at radius 2 is 2.37 bits per heavy atom. The van der Waals surface area contributed by atoms with E-state index in [4.69, 9.17) is 5.41 Å². The Bertz CT molecular complexity index is 595. The summed E-state index contributed by atoms with van der Waals surface area (Å²) in [4.78, 5) is 4.18. The Morgan fingerprint density at radius 3 is 3.05 bits per heavy atom. The van der Waals surface area contributed by atoms with Crippen LogP contribution in [-0.2, 0) is 11.6 Å². The molecule has 0 bridgehead atoms. The second-order valence-electron chi connectivity index (χ2n) is 4.07. The fourth-order valence-electron chi connectivity index (χ4n) is 2.19. The first-order valence-corrected chi connectivity index (χ1v) is 8.02. The summed E-state index contributed by atoms with van der Waals surface area (Å²) in [5.41, 5.74) is 4.66. The van der Waals surface area contributed by atoms with Crippen LogP contribution in [0.1, 0.15) is 11.3 Å². The summed E-state index contributed by atoms with van der Waals surface area (Å²) in [7, 11) is 0. The molecule has 1 aliphatic heterocycles. The van der Waals surface area contributed by atoms with Crippen LogP contribution in [-0.4, -0.2) is 20.9 Å². The molecule has 0 aromatic carbocycles. The van der Waals surface area contributed by atoms with Crippen LogP contribution in [0.25, 0.3) is 11.3 Å². The lowest BCUT2D eigenvalue weighted by Gasteiger charge is -2.04. The molecule has 1 N–H and O–H groups in total. The standard InChI is InChI=1S/C13H13N3S2.HI/c1-17-13(14)10-5-11(9-3-2-4-15-6-9)16-8-18-7-12(10)16;/h2-6,14H,7-8H2,1H3;1H. The number of fused-ring (bicyclic) bond motifs is 1. The molecule has 0 radical (unpaired) electrons. The zero-order valence-electron chi connectivity index (χ0n) is 10.4. The van der Waals surface area contributed by atoms with E-state index in [0.29, 0.717) is 5.04 Å². The lowest BCUT2D eigenvalue weighted by Crippen LogP contribution is -1.97. The van der Waals surface area contributed by atoms with E-state index in [1.165, 1.54) is 23.1 Å². The van der Waals surface area contributed by atoms with E-state index in [0.717, 1.165) is 22.8 Å². The Balaban J connectivity index is 0.00000133. The van der Waals surface area contributed by atoms with E-state index in [9.17, 15) is 0 Å². The molecule has 19 heavy (non-hydrogen) atoms. The Labute approximate surface area is 138 Å². The smallest absolute Gasteiger partial charge is 0.0958 e. The van der Waals surface area contributed by atoms with E-state index in [-0.39, 0.29) is 24.0 Å². The van der Waals surface area contributed by atoms with Gasteiger partial charge in [-0.15, -0.1) is 47.5 Å². The van der Waals surface area contributed by atoms with E-state index in [1.807, 2.05) is 30.3 Å². The monoisotopic (exact) mass is 403 g/mol. The summed E-state index contributed by atoms with van der Waals surface area (Å²) in [5.74, 6) is 1.97. The first-order valence-electron chi connectivity index (χ1n) is 5.64. The molecule has 3 rings (SSSR count). The van der Waals surface area contributed by atoms with Crippen molar-refractivity contribution in [1.82, 2.24) is 9.55 Å². The minimum atomic E-state index is 0. The predicted molar refractivity (Wildman–Crippen MR) is 94.7 cm³/mol. The quantitative estimate of drug-likeness (QED) is 0.467. The molecule has 0 saturated carbocycles. The topological polar surface area (TPSA) is 41.7 Å². The Morgan fingerprint density at radius 1 is 1.53 bits per heavy atom. The average Bonchev–Trinajstić information content (AvgIpc) is 3.00. The normalized spacial score (nSPS) is 12.9. The summed E-state index contributed by atoms with van der Waals surface area (Å²) >= 11 is 3.39. The van der Waals surface area contributed by atoms with Crippen LogP contribution in [0.5, 0.6) is 0 Å². The molecule has 2 aromatic rings. The molecule has 0 fully saturated rings. The van der Waals surface area contributed by atoms with Gasteiger partial charge in [-0.2, -0.15) is 0 Å². The van der Waals surface area contributed by atoms with Gasteiger partial charge in [-0.25, -0.2) is 0 Å². The number of pyridine rings is 1. The van der Waals surface area contributed by atoms with Crippen LogP contribution in [0.3, 0.4) is 0 Å². The third-order valence-electron chi connectivity index (χ3n) is 3.07. The molecule has 0 unspecified atom stereocenters. The molecule has 0 amide bonds. The third-order valence-corrected chi connectivity index (χ3v) is 4.62. The van der Waals surface area contributed by atoms with Crippen molar-refractivity contribution in [3.63, 3.8) is 0 Å². The van der Waals surface area contributed by atoms with Crippen molar-refractivity contribution >= 4 is 52.5 Å². The van der Waals surface area contributed by atoms with Crippen LogP contribution >= 0.6 is 47.5 Å². The minimum Gasteiger partial charge on any atom is -0.333 e. The number of aromatic nitrogens is 2. The number of nitrogens with one attached hydrogen (secondary N) is 1. The number of rotatable bonds is 2. The lowest BCUT2D eigenvalue weighted by molar-refractivity contribution is 0.895. The summed E-state index contributed by atoms with van der Waals surface area (Å²) in [5, 5.41) is 8.70. The number of halogens is 1. The SMILES string of the molecule is CSC(=N)c1cc(-c2cccnc2)n2c1CSC2.I. The van der Waals surface area contributed by atoms with Crippen LogP contribution in [0, 0.1) is 5.41 Å². The average molecular weight is 403 g/mol. The first kappa shape index (κ1) is 14.9. The molecular formula is C13H14IN3S2. The van der Waals surface area contributed by atoms with Gasteiger partial charge in [-0.05, 0) is 24.5 Å². The molecule has 3 nitrogen and oxygen atoms in total. The van der Waals surface area contributed by atoms with E-state index < -0.39 is 0 Å². The van der Waals surface area contributed by atoms with Gasteiger partial charge < -0.3 is 4.57 Å². The van der Waals surface area contributed by atoms with Crippen molar-refractivity contribution in [3.8, 4) is 11.3 Å². The number of thioether (sulfide) groups is 2. The maximum Gasteiger partial charge on any atom is 0.0958 e. The van der Waals surface area contributed by atoms with Gasteiger partial charge in [0.2, 0.25) is 0 Å². The van der Waals surface area contributed by atoms with Gasteiger partial charge >= 0.3 is 0 Å². The highest BCUT2D eigenvalue weighted by Gasteiger charge is 2.22. The molecule has 1 aliphatic rings. The van der Waals surface area contributed by atoms with Crippen molar-refractivity contribution in [2.45, 2.75) is 11.6 Å². The summed E-state index contributed by atoms with van der Waals surface area (Å²) in [6.07, 6.45) is 5.63. The molecule has 0 aliphatic carbocycles. The van der Waals surface area contributed by atoms with Gasteiger partial charge in [-0.3, -0.25) is 10.4 Å². The Hall–Kier alpha value is -0.470. The van der Waals surface area contributed by atoms with Gasteiger partial charge in [0.1, 0.15) is 0 Å². The zero-order valence-corrected chi connectivity index (χ0v) is 14.4. The summed E-state index contributed by atoms with van der Waals surface area (Å²) in [6, 6.07) is 6.16.